The number of benzene rings is 2. The van der Waals surface area contributed by atoms with E-state index in [0.717, 1.165) is 34.2 Å². The van der Waals surface area contributed by atoms with E-state index < -0.39 is 0 Å². The Hall–Kier alpha value is -3.64. The van der Waals surface area contributed by atoms with Crippen molar-refractivity contribution in [2.75, 3.05) is 12.0 Å². The standard InChI is InChI=1S/C25H21N3O2S/c1-29-21-13-6-5-12-19(21)28-24(23(27-25(28)31)18-11-7-8-16-26-18)22-15-14-20(30-22)17-9-3-2-4-10-17/h2-16,23-24H,1H3,(H,27,31)/t23-,24+/m1/s1. The summed E-state index contributed by atoms with van der Waals surface area (Å²) in [6.07, 6.45) is 1.79. The van der Waals surface area contributed by atoms with Gasteiger partial charge in [0.1, 0.15) is 23.3 Å². The molecule has 1 saturated heterocycles. The fourth-order valence-corrected chi connectivity index (χ4v) is 4.34. The first-order valence-electron chi connectivity index (χ1n) is 10.0. The quantitative estimate of drug-likeness (QED) is 0.423. The second kappa shape index (κ2) is 8.24. The largest absolute Gasteiger partial charge is 0.495 e. The minimum absolute atomic E-state index is 0.173. The molecule has 0 unspecified atom stereocenters. The maximum atomic E-state index is 6.37. The zero-order chi connectivity index (χ0) is 21.2. The lowest BCUT2D eigenvalue weighted by Crippen LogP contribution is -2.29. The highest BCUT2D eigenvalue weighted by atomic mass is 32.1. The molecule has 5 nitrogen and oxygen atoms in total. The summed E-state index contributed by atoms with van der Waals surface area (Å²) >= 11 is 5.77. The van der Waals surface area contributed by atoms with E-state index in [1.807, 2.05) is 84.9 Å². The number of ether oxygens (including phenoxy) is 1. The molecule has 1 fully saturated rings. The molecule has 154 valence electrons. The molecule has 0 radical (unpaired) electrons. The highest BCUT2D eigenvalue weighted by Gasteiger charge is 2.43. The van der Waals surface area contributed by atoms with Crippen LogP contribution in [-0.2, 0) is 0 Å². The van der Waals surface area contributed by atoms with Gasteiger partial charge in [0.15, 0.2) is 5.11 Å². The van der Waals surface area contributed by atoms with Crippen molar-refractivity contribution in [1.82, 2.24) is 10.3 Å². The van der Waals surface area contributed by atoms with E-state index in [0.29, 0.717) is 5.11 Å². The molecule has 2 aromatic heterocycles. The van der Waals surface area contributed by atoms with Crippen molar-refractivity contribution in [3.63, 3.8) is 0 Å². The molecule has 31 heavy (non-hydrogen) atoms. The van der Waals surface area contributed by atoms with Gasteiger partial charge in [-0.2, -0.15) is 0 Å². The first kappa shape index (κ1) is 19.3. The second-order valence-electron chi connectivity index (χ2n) is 7.24. The number of hydrogen-bond acceptors (Lipinski definition) is 4. The number of aromatic nitrogens is 1. The molecule has 4 aromatic rings. The van der Waals surface area contributed by atoms with Gasteiger partial charge in [-0.05, 0) is 48.6 Å². The van der Waals surface area contributed by atoms with Crippen molar-refractivity contribution in [3.05, 3.63) is 103 Å². The summed E-state index contributed by atoms with van der Waals surface area (Å²) in [6.45, 7) is 0. The Bertz CT molecular complexity index is 1190. The number of methoxy groups -OCH3 is 1. The highest BCUT2D eigenvalue weighted by Crippen LogP contribution is 2.45. The van der Waals surface area contributed by atoms with Crippen molar-refractivity contribution in [2.24, 2.45) is 0 Å². The minimum Gasteiger partial charge on any atom is -0.495 e. The number of nitrogens with one attached hydrogen (secondary N) is 1. The zero-order valence-electron chi connectivity index (χ0n) is 16.9. The normalized spacial score (nSPS) is 18.1. The molecule has 6 heteroatoms. The molecule has 0 spiro atoms. The number of para-hydroxylation sites is 2. The first-order valence-corrected chi connectivity index (χ1v) is 10.5. The highest BCUT2D eigenvalue weighted by molar-refractivity contribution is 7.80. The molecule has 0 amide bonds. The predicted molar refractivity (Wildman–Crippen MR) is 125 cm³/mol. The fraction of sp³-hybridized carbons (Fsp3) is 0.120. The lowest BCUT2D eigenvalue weighted by atomic mass is 10.0. The van der Waals surface area contributed by atoms with Gasteiger partial charge in [0.05, 0.1) is 24.5 Å². The van der Waals surface area contributed by atoms with Crippen LogP contribution in [0, 0.1) is 0 Å². The van der Waals surface area contributed by atoms with Crippen LogP contribution in [-0.4, -0.2) is 17.2 Å². The number of rotatable bonds is 5. The lowest BCUT2D eigenvalue weighted by molar-refractivity contribution is 0.409. The van der Waals surface area contributed by atoms with Gasteiger partial charge >= 0.3 is 0 Å². The summed E-state index contributed by atoms with van der Waals surface area (Å²) < 4.78 is 12.0. The van der Waals surface area contributed by atoms with Crippen LogP contribution in [0.15, 0.2) is 95.5 Å². The number of pyridine rings is 1. The van der Waals surface area contributed by atoms with Crippen LogP contribution in [0.1, 0.15) is 23.5 Å². The fourth-order valence-electron chi connectivity index (χ4n) is 4.00. The number of anilines is 1. The van der Waals surface area contributed by atoms with Crippen molar-refractivity contribution in [3.8, 4) is 17.1 Å². The van der Waals surface area contributed by atoms with Gasteiger partial charge in [-0.25, -0.2) is 0 Å². The van der Waals surface area contributed by atoms with Crippen molar-refractivity contribution < 1.29 is 9.15 Å². The smallest absolute Gasteiger partial charge is 0.174 e. The van der Waals surface area contributed by atoms with Crippen molar-refractivity contribution in [1.29, 1.82) is 0 Å². The summed E-state index contributed by atoms with van der Waals surface area (Å²) in [7, 11) is 1.66. The Labute approximate surface area is 186 Å². The molecule has 3 heterocycles. The number of nitrogens with zero attached hydrogens (tertiary/aromatic N) is 2. The molecular weight excluding hydrogens is 406 g/mol. The molecule has 5 rings (SSSR count). The molecule has 1 N–H and O–H groups in total. The number of hydrogen-bond donors (Lipinski definition) is 1. The molecule has 1 aliphatic heterocycles. The maximum absolute atomic E-state index is 6.37. The number of furan rings is 1. The third-order valence-corrected chi connectivity index (χ3v) is 5.73. The van der Waals surface area contributed by atoms with Crippen LogP contribution >= 0.6 is 12.2 Å². The summed E-state index contributed by atoms with van der Waals surface area (Å²) in [6, 6.07) is 27.4. The van der Waals surface area contributed by atoms with Crippen LogP contribution in [0.4, 0.5) is 5.69 Å². The van der Waals surface area contributed by atoms with Gasteiger partial charge in [-0.3, -0.25) is 4.98 Å². The maximum Gasteiger partial charge on any atom is 0.174 e. The third kappa shape index (κ3) is 3.55. The SMILES string of the molecule is COc1ccccc1N1C(=S)N[C@H](c2ccccn2)[C@@H]1c1ccc(-c2ccccc2)o1. The topological polar surface area (TPSA) is 50.5 Å². The van der Waals surface area contributed by atoms with Gasteiger partial charge in [-0.1, -0.05) is 48.5 Å². The van der Waals surface area contributed by atoms with Crippen LogP contribution < -0.4 is 15.0 Å². The predicted octanol–water partition coefficient (Wildman–Crippen LogP) is 5.53. The molecule has 2 aromatic carbocycles. The van der Waals surface area contributed by atoms with E-state index in [1.54, 1.807) is 13.3 Å². The van der Waals surface area contributed by atoms with E-state index in [9.17, 15) is 0 Å². The van der Waals surface area contributed by atoms with Crippen LogP contribution in [0.3, 0.4) is 0 Å². The average Bonchev–Trinajstić information content (AvgIpc) is 3.45. The first-order chi connectivity index (χ1) is 15.3. The Morgan fingerprint density at radius 1 is 0.935 bits per heavy atom. The molecule has 0 aliphatic carbocycles. The van der Waals surface area contributed by atoms with Crippen LogP contribution in [0.25, 0.3) is 11.3 Å². The van der Waals surface area contributed by atoms with E-state index in [4.69, 9.17) is 21.4 Å². The third-order valence-electron chi connectivity index (χ3n) is 5.42. The molecule has 1 aliphatic rings. The Kier molecular flexibility index (Phi) is 5.14. The summed E-state index contributed by atoms with van der Waals surface area (Å²) in [4.78, 5) is 6.64. The molecule has 2 atom stereocenters. The number of thiocarbonyl (C=S) groups is 1. The molecule has 0 bridgehead atoms. The van der Waals surface area contributed by atoms with Crippen LogP contribution in [0.2, 0.25) is 0 Å². The average molecular weight is 428 g/mol. The zero-order valence-corrected chi connectivity index (χ0v) is 17.8. The Morgan fingerprint density at radius 3 is 2.48 bits per heavy atom. The van der Waals surface area contributed by atoms with Gasteiger partial charge < -0.3 is 19.4 Å². The van der Waals surface area contributed by atoms with E-state index in [-0.39, 0.29) is 12.1 Å². The summed E-state index contributed by atoms with van der Waals surface area (Å²) in [5.74, 6) is 2.36. The van der Waals surface area contributed by atoms with E-state index >= 15 is 0 Å². The summed E-state index contributed by atoms with van der Waals surface area (Å²) in [5, 5.41) is 4.05. The molecular formula is C25H21N3O2S. The van der Waals surface area contributed by atoms with Gasteiger partial charge in [-0.15, -0.1) is 0 Å². The van der Waals surface area contributed by atoms with E-state index in [1.165, 1.54) is 0 Å². The Morgan fingerprint density at radius 2 is 1.71 bits per heavy atom. The van der Waals surface area contributed by atoms with Gasteiger partial charge in [0, 0.05) is 11.8 Å². The summed E-state index contributed by atoms with van der Waals surface area (Å²) in [5.41, 5.74) is 2.80. The second-order valence-corrected chi connectivity index (χ2v) is 7.62. The van der Waals surface area contributed by atoms with Crippen molar-refractivity contribution >= 4 is 23.0 Å². The van der Waals surface area contributed by atoms with Crippen molar-refractivity contribution in [2.45, 2.75) is 12.1 Å². The monoisotopic (exact) mass is 427 g/mol. The van der Waals surface area contributed by atoms with E-state index in [2.05, 4.69) is 15.2 Å². The minimum atomic E-state index is -0.226. The molecule has 0 saturated carbocycles. The Balaban J connectivity index is 1.63. The van der Waals surface area contributed by atoms with Gasteiger partial charge in [0.2, 0.25) is 0 Å². The lowest BCUT2D eigenvalue weighted by Gasteiger charge is -2.27. The van der Waals surface area contributed by atoms with Gasteiger partial charge in [0.25, 0.3) is 0 Å². The van der Waals surface area contributed by atoms with Crippen LogP contribution in [0.5, 0.6) is 5.75 Å².